The Morgan fingerprint density at radius 2 is 2.22 bits per heavy atom. The Labute approximate surface area is 113 Å². The number of rotatable bonds is 6. The van der Waals surface area contributed by atoms with Crippen molar-refractivity contribution in [2.75, 3.05) is 6.54 Å². The topological polar surface area (TPSA) is 24.9 Å². The predicted octanol–water partition coefficient (Wildman–Crippen LogP) is 4.38. The highest BCUT2D eigenvalue weighted by Crippen LogP contribution is 2.26. The molecule has 2 aromatic heterocycles. The average molecular weight is 262 g/mol. The van der Waals surface area contributed by atoms with Gasteiger partial charge in [-0.3, -0.25) is 4.98 Å². The molecule has 0 aliphatic carbocycles. The van der Waals surface area contributed by atoms with Gasteiger partial charge in [-0.05, 0) is 48.4 Å². The van der Waals surface area contributed by atoms with Crippen molar-refractivity contribution in [2.45, 2.75) is 39.7 Å². The lowest BCUT2D eigenvalue weighted by atomic mass is 9.98. The highest BCUT2D eigenvalue weighted by molar-refractivity contribution is 7.17. The number of fused-ring (bicyclic) bond motifs is 1. The molecule has 98 valence electrons. The largest absolute Gasteiger partial charge is 0.310 e. The van der Waals surface area contributed by atoms with Gasteiger partial charge in [0.15, 0.2) is 0 Å². The predicted molar refractivity (Wildman–Crippen MR) is 80.1 cm³/mol. The van der Waals surface area contributed by atoms with Crippen LogP contribution in [-0.4, -0.2) is 11.5 Å². The van der Waals surface area contributed by atoms with Gasteiger partial charge in [-0.1, -0.05) is 20.8 Å². The van der Waals surface area contributed by atoms with E-state index in [1.807, 2.05) is 6.20 Å². The van der Waals surface area contributed by atoms with E-state index in [0.717, 1.165) is 12.1 Å². The zero-order valence-corrected chi connectivity index (χ0v) is 12.3. The van der Waals surface area contributed by atoms with Crippen molar-refractivity contribution in [3.8, 4) is 0 Å². The maximum Gasteiger partial charge on any atom is 0.0809 e. The van der Waals surface area contributed by atoms with Crippen LogP contribution in [0.4, 0.5) is 0 Å². The van der Waals surface area contributed by atoms with E-state index < -0.39 is 0 Å². The van der Waals surface area contributed by atoms with Crippen LogP contribution in [-0.2, 0) is 0 Å². The SMILES string of the molecule is CCCNC(CC(C)C)c1cnc2ccsc2c1. The molecular weight excluding hydrogens is 240 g/mol. The molecule has 1 N–H and O–H groups in total. The Bertz CT molecular complexity index is 490. The molecule has 0 aliphatic heterocycles. The van der Waals surface area contributed by atoms with Gasteiger partial charge in [-0.25, -0.2) is 0 Å². The van der Waals surface area contributed by atoms with Gasteiger partial charge < -0.3 is 5.32 Å². The molecule has 0 bridgehead atoms. The first-order valence-corrected chi connectivity index (χ1v) is 7.65. The molecule has 1 atom stereocenters. The lowest BCUT2D eigenvalue weighted by Gasteiger charge is -2.20. The fraction of sp³-hybridized carbons (Fsp3) is 0.533. The molecule has 2 nitrogen and oxygen atoms in total. The molecule has 3 heteroatoms. The second-order valence-corrected chi connectivity index (χ2v) is 6.16. The smallest absolute Gasteiger partial charge is 0.0809 e. The van der Waals surface area contributed by atoms with E-state index in [1.165, 1.54) is 23.1 Å². The summed E-state index contributed by atoms with van der Waals surface area (Å²) in [5.74, 6) is 0.693. The molecule has 0 saturated carbocycles. The summed E-state index contributed by atoms with van der Waals surface area (Å²) in [6.07, 6.45) is 4.37. The van der Waals surface area contributed by atoms with Crippen molar-refractivity contribution in [2.24, 2.45) is 5.92 Å². The number of thiophene rings is 1. The third kappa shape index (κ3) is 3.30. The zero-order valence-electron chi connectivity index (χ0n) is 11.4. The minimum absolute atomic E-state index is 0.434. The molecule has 1 unspecified atom stereocenters. The summed E-state index contributed by atoms with van der Waals surface area (Å²) in [6, 6.07) is 4.81. The van der Waals surface area contributed by atoms with Crippen LogP contribution in [0.2, 0.25) is 0 Å². The number of hydrogen-bond acceptors (Lipinski definition) is 3. The monoisotopic (exact) mass is 262 g/mol. The van der Waals surface area contributed by atoms with Crippen molar-refractivity contribution >= 4 is 21.6 Å². The minimum Gasteiger partial charge on any atom is -0.310 e. The number of nitrogens with zero attached hydrogens (tertiary/aromatic N) is 1. The zero-order chi connectivity index (χ0) is 13.0. The van der Waals surface area contributed by atoms with Gasteiger partial charge in [0.1, 0.15) is 0 Å². The van der Waals surface area contributed by atoms with Gasteiger partial charge in [-0.15, -0.1) is 11.3 Å². The highest BCUT2D eigenvalue weighted by atomic mass is 32.1. The standard InChI is InChI=1S/C15H22N2S/c1-4-6-16-14(8-11(2)3)12-9-15-13(17-10-12)5-7-18-15/h5,7,9-11,14,16H,4,6,8H2,1-3H3. The Morgan fingerprint density at radius 1 is 1.39 bits per heavy atom. The summed E-state index contributed by atoms with van der Waals surface area (Å²) < 4.78 is 1.29. The van der Waals surface area contributed by atoms with E-state index in [1.54, 1.807) is 11.3 Å². The van der Waals surface area contributed by atoms with Crippen LogP contribution in [0.5, 0.6) is 0 Å². The average Bonchev–Trinajstić information content (AvgIpc) is 2.81. The first kappa shape index (κ1) is 13.5. The van der Waals surface area contributed by atoms with E-state index in [2.05, 4.69) is 48.6 Å². The fourth-order valence-corrected chi connectivity index (χ4v) is 2.97. The second kappa shape index (κ2) is 6.30. The summed E-state index contributed by atoms with van der Waals surface area (Å²) in [7, 11) is 0. The van der Waals surface area contributed by atoms with Crippen LogP contribution in [0.25, 0.3) is 10.2 Å². The molecule has 0 aromatic carbocycles. The summed E-state index contributed by atoms with van der Waals surface area (Å²) in [5.41, 5.74) is 2.44. The van der Waals surface area contributed by atoms with E-state index in [-0.39, 0.29) is 0 Å². The number of aromatic nitrogens is 1. The van der Waals surface area contributed by atoms with Crippen LogP contribution in [0, 0.1) is 5.92 Å². The van der Waals surface area contributed by atoms with Crippen LogP contribution >= 0.6 is 11.3 Å². The molecule has 0 fully saturated rings. The summed E-state index contributed by atoms with van der Waals surface area (Å²) in [6.45, 7) is 7.83. The Kier molecular flexibility index (Phi) is 4.72. The Morgan fingerprint density at radius 3 is 2.94 bits per heavy atom. The summed E-state index contributed by atoms with van der Waals surface area (Å²) >= 11 is 1.77. The van der Waals surface area contributed by atoms with Crippen LogP contribution < -0.4 is 5.32 Å². The summed E-state index contributed by atoms with van der Waals surface area (Å²) in [4.78, 5) is 4.55. The quantitative estimate of drug-likeness (QED) is 0.835. The molecule has 0 radical (unpaired) electrons. The molecule has 2 heterocycles. The molecule has 2 aromatic rings. The van der Waals surface area contributed by atoms with Crippen LogP contribution in [0.1, 0.15) is 45.2 Å². The van der Waals surface area contributed by atoms with Crippen molar-refractivity contribution in [3.63, 3.8) is 0 Å². The Balaban J connectivity index is 2.21. The van der Waals surface area contributed by atoms with Crippen LogP contribution in [0.3, 0.4) is 0 Å². The van der Waals surface area contributed by atoms with E-state index in [4.69, 9.17) is 0 Å². The van der Waals surface area contributed by atoms with Crippen LogP contribution in [0.15, 0.2) is 23.7 Å². The van der Waals surface area contributed by atoms with Crippen molar-refractivity contribution in [3.05, 3.63) is 29.3 Å². The maximum absolute atomic E-state index is 4.55. The van der Waals surface area contributed by atoms with Gasteiger partial charge in [-0.2, -0.15) is 0 Å². The van der Waals surface area contributed by atoms with E-state index >= 15 is 0 Å². The lowest BCUT2D eigenvalue weighted by Crippen LogP contribution is -2.23. The fourth-order valence-electron chi connectivity index (χ4n) is 2.18. The number of nitrogens with one attached hydrogen (secondary N) is 1. The first-order valence-electron chi connectivity index (χ1n) is 6.77. The van der Waals surface area contributed by atoms with Gasteiger partial charge in [0.2, 0.25) is 0 Å². The first-order chi connectivity index (χ1) is 8.70. The molecule has 0 spiro atoms. The summed E-state index contributed by atoms with van der Waals surface area (Å²) in [5, 5.41) is 5.75. The third-order valence-electron chi connectivity index (χ3n) is 3.07. The maximum atomic E-state index is 4.55. The molecule has 2 rings (SSSR count). The molecule has 0 amide bonds. The lowest BCUT2D eigenvalue weighted by molar-refractivity contribution is 0.430. The molecule has 18 heavy (non-hydrogen) atoms. The van der Waals surface area contributed by atoms with Crippen molar-refractivity contribution in [1.82, 2.24) is 10.3 Å². The number of pyridine rings is 1. The van der Waals surface area contributed by atoms with Gasteiger partial charge in [0, 0.05) is 12.2 Å². The van der Waals surface area contributed by atoms with Crippen molar-refractivity contribution in [1.29, 1.82) is 0 Å². The van der Waals surface area contributed by atoms with Gasteiger partial charge in [0.05, 0.1) is 10.2 Å². The molecule has 0 saturated heterocycles. The minimum atomic E-state index is 0.434. The molecule has 0 aliphatic rings. The van der Waals surface area contributed by atoms with E-state index in [9.17, 15) is 0 Å². The number of hydrogen-bond donors (Lipinski definition) is 1. The van der Waals surface area contributed by atoms with Crippen molar-refractivity contribution < 1.29 is 0 Å². The Hall–Kier alpha value is -0.930. The third-order valence-corrected chi connectivity index (χ3v) is 3.93. The highest BCUT2D eigenvalue weighted by Gasteiger charge is 2.13. The van der Waals surface area contributed by atoms with E-state index in [0.29, 0.717) is 12.0 Å². The van der Waals surface area contributed by atoms with Gasteiger partial charge in [0.25, 0.3) is 0 Å². The second-order valence-electron chi connectivity index (χ2n) is 5.21. The van der Waals surface area contributed by atoms with Gasteiger partial charge >= 0.3 is 0 Å². The normalized spacial score (nSPS) is 13.3. The molecular formula is C15H22N2S.